The van der Waals surface area contributed by atoms with E-state index in [0.717, 1.165) is 45.1 Å². The van der Waals surface area contributed by atoms with Crippen molar-refractivity contribution in [2.45, 2.75) is 37.8 Å². The largest absolute Gasteiger partial charge is 0.381 e. The van der Waals surface area contributed by atoms with E-state index >= 15 is 0 Å². The molecule has 0 aromatic carbocycles. The van der Waals surface area contributed by atoms with Crippen molar-refractivity contribution in [3.63, 3.8) is 0 Å². The molecule has 2 atom stereocenters. The molecular formula is C15H23N5O2. The quantitative estimate of drug-likeness (QED) is 0.842. The van der Waals surface area contributed by atoms with Gasteiger partial charge in [0, 0.05) is 38.4 Å². The van der Waals surface area contributed by atoms with E-state index in [2.05, 4.69) is 25.6 Å². The normalized spacial score (nSPS) is 30.5. The van der Waals surface area contributed by atoms with Crippen LogP contribution in [0.2, 0.25) is 0 Å². The highest BCUT2D eigenvalue weighted by Crippen LogP contribution is 2.42. The summed E-state index contributed by atoms with van der Waals surface area (Å²) in [5.74, 6) is 1.25. The summed E-state index contributed by atoms with van der Waals surface area (Å²) in [5, 5.41) is 13.3. The number of H-pyrrole nitrogens is 1. The van der Waals surface area contributed by atoms with Gasteiger partial charge in [-0.15, -0.1) is 0 Å². The van der Waals surface area contributed by atoms with Crippen molar-refractivity contribution in [3.8, 4) is 0 Å². The third-order valence-electron chi connectivity index (χ3n) is 5.29. The van der Waals surface area contributed by atoms with Gasteiger partial charge < -0.3 is 10.1 Å². The molecule has 2 saturated heterocycles. The van der Waals surface area contributed by atoms with Gasteiger partial charge in [0.25, 0.3) is 5.91 Å². The summed E-state index contributed by atoms with van der Waals surface area (Å²) < 4.78 is 5.47. The highest BCUT2D eigenvalue weighted by Gasteiger charge is 2.44. The van der Waals surface area contributed by atoms with Crippen LogP contribution < -0.4 is 5.32 Å². The number of rotatable bonds is 4. The standard InChI is InChI=1S/C15H23N5O2/c21-15(13-7-16-19-18-13)17-14-9-20(8-12(14)10-1-2-10)11-3-5-22-6-4-11/h7,10-12,14H,1-6,8-9H2,(H,17,21)(H,16,18,19)/t12-,14+/m1/s1. The maximum Gasteiger partial charge on any atom is 0.273 e. The number of amides is 1. The van der Waals surface area contributed by atoms with Crippen LogP contribution in [-0.2, 0) is 4.74 Å². The summed E-state index contributed by atoms with van der Waals surface area (Å²) in [4.78, 5) is 14.8. The molecule has 0 spiro atoms. The Balaban J connectivity index is 1.42. The van der Waals surface area contributed by atoms with Crippen LogP contribution in [0.4, 0.5) is 0 Å². The Morgan fingerprint density at radius 3 is 2.77 bits per heavy atom. The molecule has 4 rings (SSSR count). The van der Waals surface area contributed by atoms with E-state index in [9.17, 15) is 4.79 Å². The highest BCUT2D eigenvalue weighted by atomic mass is 16.5. The van der Waals surface area contributed by atoms with E-state index in [1.54, 1.807) is 0 Å². The predicted molar refractivity (Wildman–Crippen MR) is 79.3 cm³/mol. The monoisotopic (exact) mass is 305 g/mol. The summed E-state index contributed by atoms with van der Waals surface area (Å²) >= 11 is 0. The molecular weight excluding hydrogens is 282 g/mol. The van der Waals surface area contributed by atoms with E-state index in [0.29, 0.717) is 17.7 Å². The average molecular weight is 305 g/mol. The molecule has 2 N–H and O–H groups in total. The maximum absolute atomic E-state index is 12.3. The molecule has 1 aliphatic carbocycles. The van der Waals surface area contributed by atoms with Crippen molar-refractivity contribution in [1.29, 1.82) is 0 Å². The van der Waals surface area contributed by atoms with Crippen LogP contribution in [0.3, 0.4) is 0 Å². The number of carbonyl (C=O) groups is 1. The Kier molecular flexibility index (Phi) is 3.83. The van der Waals surface area contributed by atoms with Crippen LogP contribution >= 0.6 is 0 Å². The maximum atomic E-state index is 12.3. The number of hydrogen-bond donors (Lipinski definition) is 2. The second-order valence-corrected chi connectivity index (χ2v) is 6.73. The minimum Gasteiger partial charge on any atom is -0.381 e. The molecule has 22 heavy (non-hydrogen) atoms. The van der Waals surface area contributed by atoms with Gasteiger partial charge in [0.05, 0.1) is 6.20 Å². The lowest BCUT2D eigenvalue weighted by molar-refractivity contribution is 0.0404. The molecule has 7 nitrogen and oxygen atoms in total. The summed E-state index contributed by atoms with van der Waals surface area (Å²) in [5.41, 5.74) is 0.374. The zero-order valence-electron chi connectivity index (χ0n) is 12.7. The number of hydrogen-bond acceptors (Lipinski definition) is 5. The van der Waals surface area contributed by atoms with Crippen molar-refractivity contribution < 1.29 is 9.53 Å². The lowest BCUT2D eigenvalue weighted by Gasteiger charge is -2.31. The van der Waals surface area contributed by atoms with Crippen LogP contribution in [0.5, 0.6) is 0 Å². The van der Waals surface area contributed by atoms with Crippen molar-refractivity contribution >= 4 is 5.91 Å². The SMILES string of the molecule is O=C(N[C@H]1CN(C2CCOCC2)C[C@@H]1C1CC1)c1cn[nH]n1. The van der Waals surface area contributed by atoms with Gasteiger partial charge in [-0.25, -0.2) is 0 Å². The summed E-state index contributed by atoms with van der Waals surface area (Å²) in [6, 6.07) is 0.850. The fourth-order valence-electron chi connectivity index (χ4n) is 3.92. The molecule has 0 bridgehead atoms. The van der Waals surface area contributed by atoms with E-state index in [4.69, 9.17) is 4.74 Å². The fraction of sp³-hybridized carbons (Fsp3) is 0.800. The van der Waals surface area contributed by atoms with Crippen LogP contribution in [0.15, 0.2) is 6.20 Å². The number of nitrogens with zero attached hydrogens (tertiary/aromatic N) is 3. The molecule has 0 unspecified atom stereocenters. The van der Waals surface area contributed by atoms with E-state index < -0.39 is 0 Å². The average Bonchev–Trinajstić information content (AvgIpc) is 3.09. The molecule has 1 saturated carbocycles. The van der Waals surface area contributed by atoms with Gasteiger partial charge in [-0.2, -0.15) is 15.4 Å². The first-order chi connectivity index (χ1) is 10.8. The number of aromatic nitrogens is 3. The molecule has 3 aliphatic rings. The second kappa shape index (κ2) is 5.96. The van der Waals surface area contributed by atoms with Gasteiger partial charge in [0.15, 0.2) is 5.69 Å². The minimum absolute atomic E-state index is 0.113. The highest BCUT2D eigenvalue weighted by molar-refractivity contribution is 5.92. The lowest BCUT2D eigenvalue weighted by atomic mass is 9.98. The molecule has 1 amide bonds. The smallest absolute Gasteiger partial charge is 0.273 e. The molecule has 7 heteroatoms. The van der Waals surface area contributed by atoms with Crippen LogP contribution in [0.25, 0.3) is 0 Å². The molecule has 3 heterocycles. The second-order valence-electron chi connectivity index (χ2n) is 6.73. The first kappa shape index (κ1) is 14.1. The molecule has 120 valence electrons. The van der Waals surface area contributed by atoms with Crippen LogP contribution in [-0.4, -0.2) is 64.6 Å². The number of nitrogens with one attached hydrogen (secondary N) is 2. The van der Waals surface area contributed by atoms with E-state index in [-0.39, 0.29) is 11.9 Å². The van der Waals surface area contributed by atoms with Crippen molar-refractivity contribution in [2.75, 3.05) is 26.3 Å². The first-order valence-electron chi connectivity index (χ1n) is 8.29. The number of likely N-dealkylation sites (tertiary alicyclic amines) is 1. The molecule has 1 aromatic rings. The summed E-state index contributed by atoms with van der Waals surface area (Å²) in [6.07, 6.45) is 6.32. The Morgan fingerprint density at radius 2 is 2.09 bits per heavy atom. The Bertz CT molecular complexity index is 510. The molecule has 0 radical (unpaired) electrons. The third kappa shape index (κ3) is 2.87. The number of aromatic amines is 1. The predicted octanol–water partition coefficient (Wildman–Crippen LogP) is 0.424. The first-order valence-corrected chi connectivity index (χ1v) is 8.29. The Hall–Kier alpha value is -1.47. The van der Waals surface area contributed by atoms with E-state index in [1.807, 2.05) is 0 Å². The summed E-state index contributed by atoms with van der Waals surface area (Å²) in [7, 11) is 0. The third-order valence-corrected chi connectivity index (χ3v) is 5.29. The molecule has 2 aliphatic heterocycles. The van der Waals surface area contributed by atoms with E-state index in [1.165, 1.54) is 19.0 Å². The van der Waals surface area contributed by atoms with Gasteiger partial charge in [-0.3, -0.25) is 9.69 Å². The zero-order valence-corrected chi connectivity index (χ0v) is 12.7. The zero-order chi connectivity index (χ0) is 14.9. The Labute approximate surface area is 129 Å². The van der Waals surface area contributed by atoms with Gasteiger partial charge in [0.1, 0.15) is 0 Å². The van der Waals surface area contributed by atoms with Gasteiger partial charge in [0.2, 0.25) is 0 Å². The number of ether oxygens (including phenoxy) is 1. The van der Waals surface area contributed by atoms with Crippen LogP contribution in [0, 0.1) is 11.8 Å². The Morgan fingerprint density at radius 1 is 1.27 bits per heavy atom. The minimum atomic E-state index is -0.113. The lowest BCUT2D eigenvalue weighted by Crippen LogP contribution is -2.43. The van der Waals surface area contributed by atoms with Gasteiger partial charge in [-0.1, -0.05) is 0 Å². The molecule has 1 aromatic heterocycles. The topological polar surface area (TPSA) is 83.1 Å². The fourth-order valence-corrected chi connectivity index (χ4v) is 3.92. The van der Waals surface area contributed by atoms with Crippen LogP contribution in [0.1, 0.15) is 36.2 Å². The summed E-state index contributed by atoms with van der Waals surface area (Å²) in [6.45, 7) is 3.80. The van der Waals surface area contributed by atoms with Gasteiger partial charge in [-0.05, 0) is 37.5 Å². The molecule has 3 fully saturated rings. The number of carbonyl (C=O) groups excluding carboxylic acids is 1. The van der Waals surface area contributed by atoms with Crippen molar-refractivity contribution in [1.82, 2.24) is 25.6 Å². The van der Waals surface area contributed by atoms with Crippen molar-refractivity contribution in [2.24, 2.45) is 11.8 Å². The van der Waals surface area contributed by atoms with Crippen molar-refractivity contribution in [3.05, 3.63) is 11.9 Å². The van der Waals surface area contributed by atoms with Gasteiger partial charge >= 0.3 is 0 Å².